The van der Waals surface area contributed by atoms with Crippen LogP contribution in [0, 0.1) is 17.1 Å². The number of halogens is 2. The maximum absolute atomic E-state index is 12.8. The van der Waals surface area contributed by atoms with Gasteiger partial charge >= 0.3 is 0 Å². The Labute approximate surface area is 85.8 Å². The summed E-state index contributed by atoms with van der Waals surface area (Å²) in [5.74, 6) is -0.397. The van der Waals surface area contributed by atoms with Crippen molar-refractivity contribution in [3.05, 3.63) is 23.0 Å². The van der Waals surface area contributed by atoms with E-state index in [-0.39, 0.29) is 16.5 Å². The van der Waals surface area contributed by atoms with E-state index in [0.29, 0.717) is 0 Å². The second-order valence-electron chi connectivity index (χ2n) is 2.69. The van der Waals surface area contributed by atoms with Crippen LogP contribution in [0.3, 0.4) is 0 Å². The molecule has 2 N–H and O–H groups in total. The lowest BCUT2D eigenvalue weighted by atomic mass is 10.3. The van der Waals surface area contributed by atoms with Gasteiger partial charge in [-0.2, -0.15) is 5.26 Å². The number of anilines is 1. The number of rotatable bonds is 2. The van der Waals surface area contributed by atoms with Gasteiger partial charge in [-0.3, -0.25) is 0 Å². The zero-order valence-electron chi connectivity index (χ0n) is 7.42. The van der Waals surface area contributed by atoms with Crippen LogP contribution in [0.2, 0.25) is 5.02 Å². The molecule has 0 aliphatic heterocycles. The third kappa shape index (κ3) is 2.27. The third-order valence-corrected chi connectivity index (χ3v) is 1.83. The molecule has 3 nitrogen and oxygen atoms in total. The lowest BCUT2D eigenvalue weighted by molar-refractivity contribution is 0.276. The van der Waals surface area contributed by atoms with Crippen LogP contribution in [0.15, 0.2) is 12.1 Å². The average molecular weight is 215 g/mol. The number of ether oxygens (including phenoxy) is 1. The number of nitriles is 1. The molecule has 74 valence electrons. The molecular weight excluding hydrogens is 207 g/mol. The SMILES string of the molecule is CC(C#N)Oc1cc(N)c(F)cc1Cl. The molecule has 5 heteroatoms. The van der Waals surface area contributed by atoms with Gasteiger partial charge in [0.1, 0.15) is 17.6 Å². The van der Waals surface area contributed by atoms with Gasteiger partial charge in [-0.15, -0.1) is 0 Å². The molecule has 0 saturated carbocycles. The summed E-state index contributed by atoms with van der Waals surface area (Å²) in [4.78, 5) is 0. The van der Waals surface area contributed by atoms with E-state index < -0.39 is 11.9 Å². The Hall–Kier alpha value is -1.47. The number of nitrogens with two attached hydrogens (primary N) is 1. The van der Waals surface area contributed by atoms with Crippen molar-refractivity contribution in [1.29, 1.82) is 5.26 Å². The predicted molar refractivity (Wildman–Crippen MR) is 51.5 cm³/mol. The van der Waals surface area contributed by atoms with Gasteiger partial charge < -0.3 is 10.5 Å². The lowest BCUT2D eigenvalue weighted by Gasteiger charge is -2.10. The summed E-state index contributed by atoms with van der Waals surface area (Å²) in [6, 6.07) is 4.17. The van der Waals surface area contributed by atoms with Crippen LogP contribution < -0.4 is 10.5 Å². The summed E-state index contributed by atoms with van der Waals surface area (Å²) >= 11 is 5.67. The van der Waals surface area contributed by atoms with Crippen LogP contribution in [0.25, 0.3) is 0 Å². The molecule has 0 aliphatic rings. The zero-order chi connectivity index (χ0) is 10.7. The second kappa shape index (κ2) is 4.16. The fourth-order valence-corrected chi connectivity index (χ4v) is 1.05. The van der Waals surface area contributed by atoms with Gasteiger partial charge in [-0.25, -0.2) is 4.39 Å². The normalized spacial score (nSPS) is 11.9. The fraction of sp³-hybridized carbons (Fsp3) is 0.222. The first-order chi connectivity index (χ1) is 6.54. The Kier molecular flexibility index (Phi) is 3.15. The summed E-state index contributed by atoms with van der Waals surface area (Å²) in [5, 5.41) is 8.58. The number of benzene rings is 1. The highest BCUT2D eigenvalue weighted by atomic mass is 35.5. The molecule has 1 rings (SSSR count). The van der Waals surface area contributed by atoms with Crippen molar-refractivity contribution in [3.8, 4) is 11.8 Å². The van der Waals surface area contributed by atoms with E-state index in [9.17, 15) is 4.39 Å². The number of hydrogen-bond acceptors (Lipinski definition) is 3. The van der Waals surface area contributed by atoms with Crippen molar-refractivity contribution in [3.63, 3.8) is 0 Å². The first kappa shape index (κ1) is 10.6. The van der Waals surface area contributed by atoms with Crippen LogP contribution >= 0.6 is 11.6 Å². The van der Waals surface area contributed by atoms with Gasteiger partial charge in [0.15, 0.2) is 6.10 Å². The molecule has 1 unspecified atom stereocenters. The van der Waals surface area contributed by atoms with E-state index >= 15 is 0 Å². The molecule has 0 bridgehead atoms. The van der Waals surface area contributed by atoms with Crippen molar-refractivity contribution >= 4 is 17.3 Å². The minimum atomic E-state index is -0.655. The predicted octanol–water partition coefficient (Wildman–Crippen LogP) is 2.35. The minimum absolute atomic E-state index is 0.0606. The van der Waals surface area contributed by atoms with Crippen LogP contribution in [0.4, 0.5) is 10.1 Å². The average Bonchev–Trinajstić information content (AvgIpc) is 2.14. The Bertz CT molecular complexity index is 389. The molecule has 0 radical (unpaired) electrons. The maximum atomic E-state index is 12.8. The van der Waals surface area contributed by atoms with Crippen molar-refractivity contribution in [2.24, 2.45) is 0 Å². The quantitative estimate of drug-likeness (QED) is 0.769. The highest BCUT2D eigenvalue weighted by Gasteiger charge is 2.09. The van der Waals surface area contributed by atoms with E-state index in [1.54, 1.807) is 6.92 Å². The summed E-state index contributed by atoms with van der Waals surface area (Å²) in [6.45, 7) is 1.55. The second-order valence-corrected chi connectivity index (χ2v) is 3.10. The summed E-state index contributed by atoms with van der Waals surface area (Å²) in [6.07, 6.45) is -0.655. The molecule has 1 aromatic rings. The third-order valence-electron chi connectivity index (χ3n) is 1.54. The Morgan fingerprint density at radius 3 is 2.86 bits per heavy atom. The molecule has 14 heavy (non-hydrogen) atoms. The monoisotopic (exact) mass is 214 g/mol. The molecule has 1 aromatic carbocycles. The summed E-state index contributed by atoms with van der Waals surface area (Å²) in [7, 11) is 0. The van der Waals surface area contributed by atoms with Crippen LogP contribution in [-0.2, 0) is 0 Å². The first-order valence-electron chi connectivity index (χ1n) is 3.85. The smallest absolute Gasteiger partial charge is 0.181 e. The largest absolute Gasteiger partial charge is 0.474 e. The Morgan fingerprint density at radius 2 is 2.29 bits per heavy atom. The van der Waals surface area contributed by atoms with Crippen molar-refractivity contribution in [1.82, 2.24) is 0 Å². The van der Waals surface area contributed by atoms with Crippen LogP contribution in [0.1, 0.15) is 6.92 Å². The number of nitrogens with zero attached hydrogens (tertiary/aromatic N) is 1. The van der Waals surface area contributed by atoms with Crippen molar-refractivity contribution in [2.75, 3.05) is 5.73 Å². The maximum Gasteiger partial charge on any atom is 0.181 e. The van der Waals surface area contributed by atoms with E-state index in [1.807, 2.05) is 6.07 Å². The van der Waals surface area contributed by atoms with Crippen LogP contribution in [-0.4, -0.2) is 6.10 Å². The van der Waals surface area contributed by atoms with E-state index in [4.69, 9.17) is 27.3 Å². The molecule has 0 fully saturated rings. The molecule has 0 saturated heterocycles. The Morgan fingerprint density at radius 1 is 1.64 bits per heavy atom. The van der Waals surface area contributed by atoms with Gasteiger partial charge in [0.2, 0.25) is 0 Å². The summed E-state index contributed by atoms with van der Waals surface area (Å²) < 4.78 is 17.9. The molecule has 0 spiro atoms. The van der Waals surface area contributed by atoms with Gasteiger partial charge in [0.05, 0.1) is 10.7 Å². The van der Waals surface area contributed by atoms with Gasteiger partial charge in [0.25, 0.3) is 0 Å². The standard InChI is InChI=1S/C9H8ClFN2O/c1-5(4-12)14-9-3-8(13)7(11)2-6(9)10/h2-3,5H,13H2,1H3. The Balaban J connectivity index is 2.99. The van der Waals surface area contributed by atoms with Crippen LogP contribution in [0.5, 0.6) is 5.75 Å². The molecule has 0 aliphatic carbocycles. The molecular formula is C9H8ClFN2O. The van der Waals surface area contributed by atoms with Gasteiger partial charge in [-0.05, 0) is 13.0 Å². The fourth-order valence-electron chi connectivity index (χ4n) is 0.852. The van der Waals surface area contributed by atoms with Gasteiger partial charge in [-0.1, -0.05) is 11.6 Å². The number of hydrogen-bond donors (Lipinski definition) is 1. The molecule has 0 aromatic heterocycles. The number of nitrogen functional groups attached to an aromatic ring is 1. The van der Waals surface area contributed by atoms with Crippen molar-refractivity contribution < 1.29 is 9.13 Å². The molecule has 0 heterocycles. The van der Waals surface area contributed by atoms with E-state index in [2.05, 4.69) is 0 Å². The highest BCUT2D eigenvalue weighted by Crippen LogP contribution is 2.29. The van der Waals surface area contributed by atoms with Gasteiger partial charge in [0, 0.05) is 6.07 Å². The molecule has 1 atom stereocenters. The topological polar surface area (TPSA) is 59.0 Å². The molecule has 0 amide bonds. The van der Waals surface area contributed by atoms with E-state index in [1.165, 1.54) is 6.07 Å². The lowest BCUT2D eigenvalue weighted by Crippen LogP contribution is -2.09. The van der Waals surface area contributed by atoms with E-state index in [0.717, 1.165) is 6.07 Å². The minimum Gasteiger partial charge on any atom is -0.474 e. The first-order valence-corrected chi connectivity index (χ1v) is 4.23. The highest BCUT2D eigenvalue weighted by molar-refractivity contribution is 6.32. The zero-order valence-corrected chi connectivity index (χ0v) is 8.18. The van der Waals surface area contributed by atoms with Crippen molar-refractivity contribution in [2.45, 2.75) is 13.0 Å². The summed E-state index contributed by atoms with van der Waals surface area (Å²) in [5.41, 5.74) is 5.25.